The van der Waals surface area contributed by atoms with Gasteiger partial charge in [0.1, 0.15) is 12.3 Å². The molecule has 2 atom stereocenters. The predicted molar refractivity (Wildman–Crippen MR) is 90.1 cm³/mol. The molecule has 124 valence electrons. The Morgan fingerprint density at radius 1 is 1.52 bits per heavy atom. The van der Waals surface area contributed by atoms with Gasteiger partial charge in [0.2, 0.25) is 0 Å². The summed E-state index contributed by atoms with van der Waals surface area (Å²) in [5.74, 6) is 2.48. The van der Waals surface area contributed by atoms with Crippen LogP contribution < -0.4 is 5.32 Å². The monoisotopic (exact) mass is 315 g/mol. The van der Waals surface area contributed by atoms with Gasteiger partial charge in [0.25, 0.3) is 0 Å². The molecule has 6 nitrogen and oxygen atoms in total. The Hall–Kier alpha value is -2.24. The summed E-state index contributed by atoms with van der Waals surface area (Å²) in [6.45, 7) is 7.81. The average molecular weight is 315 g/mol. The predicted octanol–water partition coefficient (Wildman–Crippen LogP) is 2.52. The highest BCUT2D eigenvalue weighted by Gasteiger charge is 2.28. The lowest BCUT2D eigenvalue weighted by Gasteiger charge is -2.39. The number of furan rings is 1. The highest BCUT2D eigenvalue weighted by Crippen LogP contribution is 2.27. The van der Waals surface area contributed by atoms with Crippen molar-refractivity contribution in [2.24, 2.45) is 10.9 Å². The Bertz CT molecular complexity index is 605. The van der Waals surface area contributed by atoms with E-state index in [9.17, 15) is 0 Å². The zero-order chi connectivity index (χ0) is 16.1. The molecule has 3 rings (SSSR count). The van der Waals surface area contributed by atoms with Gasteiger partial charge in [-0.1, -0.05) is 6.92 Å². The number of guanidine groups is 1. The Morgan fingerprint density at radius 2 is 2.43 bits per heavy atom. The fourth-order valence-electron chi connectivity index (χ4n) is 3.08. The standard InChI is InChI=1S/C17H25N5O/c1-3-19-17(20-11-15-5-4-10-23-15)21-8-6-14(2)16(12-21)22-9-7-18-13-22/h4-5,7,9-10,13-14,16H,3,6,8,11-12H2,1-2H3,(H,19,20). The van der Waals surface area contributed by atoms with E-state index < -0.39 is 0 Å². The van der Waals surface area contributed by atoms with E-state index in [0.29, 0.717) is 18.5 Å². The van der Waals surface area contributed by atoms with Crippen LogP contribution in [-0.2, 0) is 6.54 Å². The summed E-state index contributed by atoms with van der Waals surface area (Å²) in [7, 11) is 0. The third-order valence-electron chi connectivity index (χ3n) is 4.43. The molecular formula is C17H25N5O. The Kier molecular flexibility index (Phi) is 5.00. The maximum Gasteiger partial charge on any atom is 0.194 e. The molecule has 0 saturated carbocycles. The van der Waals surface area contributed by atoms with Crippen LogP contribution in [0.3, 0.4) is 0 Å². The van der Waals surface area contributed by atoms with Crippen LogP contribution in [0.15, 0.2) is 46.5 Å². The van der Waals surface area contributed by atoms with Crippen molar-refractivity contribution in [2.45, 2.75) is 32.9 Å². The molecule has 1 saturated heterocycles. The molecule has 6 heteroatoms. The van der Waals surface area contributed by atoms with Crippen LogP contribution in [0.25, 0.3) is 0 Å². The lowest BCUT2D eigenvalue weighted by Crippen LogP contribution is -2.49. The second kappa shape index (κ2) is 7.35. The first-order valence-corrected chi connectivity index (χ1v) is 8.31. The van der Waals surface area contributed by atoms with Crippen molar-refractivity contribution in [1.82, 2.24) is 19.8 Å². The third kappa shape index (κ3) is 3.75. The number of rotatable bonds is 4. The van der Waals surface area contributed by atoms with Gasteiger partial charge >= 0.3 is 0 Å². The van der Waals surface area contributed by atoms with Gasteiger partial charge in [-0.25, -0.2) is 9.98 Å². The highest BCUT2D eigenvalue weighted by molar-refractivity contribution is 5.80. The topological polar surface area (TPSA) is 58.6 Å². The summed E-state index contributed by atoms with van der Waals surface area (Å²) >= 11 is 0. The molecule has 0 amide bonds. The van der Waals surface area contributed by atoms with Crippen LogP contribution in [0.2, 0.25) is 0 Å². The number of hydrogen-bond donors (Lipinski definition) is 1. The fraction of sp³-hybridized carbons (Fsp3) is 0.529. The zero-order valence-corrected chi connectivity index (χ0v) is 13.9. The molecule has 0 radical (unpaired) electrons. The van der Waals surface area contributed by atoms with E-state index in [-0.39, 0.29) is 0 Å². The lowest BCUT2D eigenvalue weighted by atomic mass is 9.93. The van der Waals surface area contributed by atoms with E-state index in [1.807, 2.05) is 24.7 Å². The van der Waals surface area contributed by atoms with Crippen LogP contribution >= 0.6 is 0 Å². The van der Waals surface area contributed by atoms with Gasteiger partial charge in [-0.05, 0) is 31.4 Å². The summed E-state index contributed by atoms with van der Waals surface area (Å²) in [4.78, 5) is 11.3. The van der Waals surface area contributed by atoms with Crippen molar-refractivity contribution < 1.29 is 4.42 Å². The van der Waals surface area contributed by atoms with Crippen LogP contribution in [0.1, 0.15) is 32.1 Å². The molecule has 1 fully saturated rings. The van der Waals surface area contributed by atoms with E-state index in [1.165, 1.54) is 0 Å². The molecule has 3 heterocycles. The number of aliphatic imine (C=N–C) groups is 1. The highest BCUT2D eigenvalue weighted by atomic mass is 16.3. The molecule has 0 bridgehead atoms. The van der Waals surface area contributed by atoms with E-state index in [4.69, 9.17) is 9.41 Å². The maximum atomic E-state index is 5.38. The number of piperidine rings is 1. The number of nitrogens with zero attached hydrogens (tertiary/aromatic N) is 4. The summed E-state index contributed by atoms with van der Waals surface area (Å²) in [6, 6.07) is 4.29. The van der Waals surface area contributed by atoms with Gasteiger partial charge in [0.05, 0.1) is 18.6 Å². The van der Waals surface area contributed by atoms with Gasteiger partial charge in [-0.3, -0.25) is 0 Å². The van der Waals surface area contributed by atoms with Crippen LogP contribution in [0, 0.1) is 5.92 Å². The molecule has 2 aromatic heterocycles. The first kappa shape index (κ1) is 15.6. The molecule has 1 aliphatic heterocycles. The van der Waals surface area contributed by atoms with Gasteiger partial charge in [-0.15, -0.1) is 0 Å². The summed E-state index contributed by atoms with van der Waals surface area (Å²) in [6.07, 6.45) is 8.65. The number of hydrogen-bond acceptors (Lipinski definition) is 3. The van der Waals surface area contributed by atoms with E-state index in [0.717, 1.165) is 37.8 Å². The van der Waals surface area contributed by atoms with Crippen molar-refractivity contribution in [3.8, 4) is 0 Å². The van der Waals surface area contributed by atoms with Crippen molar-refractivity contribution >= 4 is 5.96 Å². The molecule has 0 spiro atoms. The second-order valence-corrected chi connectivity index (χ2v) is 6.04. The third-order valence-corrected chi connectivity index (χ3v) is 4.43. The Labute approximate surface area is 137 Å². The molecule has 1 N–H and O–H groups in total. The molecule has 2 unspecified atom stereocenters. The SMILES string of the molecule is CCNC(=NCc1ccco1)N1CCC(C)C(n2ccnc2)C1. The maximum absolute atomic E-state index is 5.38. The summed E-state index contributed by atoms with van der Waals surface area (Å²) < 4.78 is 7.60. The number of imidazole rings is 1. The zero-order valence-electron chi connectivity index (χ0n) is 13.9. The normalized spacial score (nSPS) is 22.3. The van der Waals surface area contributed by atoms with Crippen LogP contribution in [0.5, 0.6) is 0 Å². The van der Waals surface area contributed by atoms with Crippen molar-refractivity contribution in [2.75, 3.05) is 19.6 Å². The molecule has 23 heavy (non-hydrogen) atoms. The van der Waals surface area contributed by atoms with E-state index in [1.54, 1.807) is 6.26 Å². The average Bonchev–Trinajstić information content (AvgIpc) is 3.25. The van der Waals surface area contributed by atoms with Crippen molar-refractivity contribution in [3.05, 3.63) is 42.9 Å². The Balaban J connectivity index is 1.72. The first-order chi connectivity index (χ1) is 11.3. The minimum absolute atomic E-state index is 0.429. The molecule has 2 aromatic rings. The van der Waals surface area contributed by atoms with Crippen LogP contribution in [-0.4, -0.2) is 40.0 Å². The number of nitrogens with one attached hydrogen (secondary N) is 1. The number of likely N-dealkylation sites (tertiary alicyclic amines) is 1. The molecule has 0 aliphatic carbocycles. The second-order valence-electron chi connectivity index (χ2n) is 6.04. The minimum Gasteiger partial charge on any atom is -0.467 e. The first-order valence-electron chi connectivity index (χ1n) is 8.31. The van der Waals surface area contributed by atoms with Gasteiger partial charge in [0.15, 0.2) is 5.96 Å². The van der Waals surface area contributed by atoms with E-state index in [2.05, 4.69) is 39.8 Å². The quantitative estimate of drug-likeness (QED) is 0.696. The van der Waals surface area contributed by atoms with Crippen molar-refractivity contribution in [3.63, 3.8) is 0 Å². The Morgan fingerprint density at radius 3 is 3.13 bits per heavy atom. The molecule has 1 aliphatic rings. The minimum atomic E-state index is 0.429. The van der Waals surface area contributed by atoms with Crippen molar-refractivity contribution in [1.29, 1.82) is 0 Å². The molecular weight excluding hydrogens is 290 g/mol. The number of aromatic nitrogens is 2. The van der Waals surface area contributed by atoms with Gasteiger partial charge in [0, 0.05) is 32.0 Å². The fourth-order valence-corrected chi connectivity index (χ4v) is 3.08. The van der Waals surface area contributed by atoms with E-state index >= 15 is 0 Å². The largest absolute Gasteiger partial charge is 0.467 e. The summed E-state index contributed by atoms with van der Waals surface area (Å²) in [5.41, 5.74) is 0. The molecule has 0 aromatic carbocycles. The summed E-state index contributed by atoms with van der Waals surface area (Å²) in [5, 5.41) is 3.40. The lowest BCUT2D eigenvalue weighted by molar-refractivity contribution is 0.189. The van der Waals surface area contributed by atoms with Gasteiger partial charge < -0.3 is 19.2 Å². The van der Waals surface area contributed by atoms with Crippen LogP contribution in [0.4, 0.5) is 0 Å². The smallest absolute Gasteiger partial charge is 0.194 e. The van der Waals surface area contributed by atoms with Gasteiger partial charge in [-0.2, -0.15) is 0 Å².